The van der Waals surface area contributed by atoms with Crippen molar-refractivity contribution in [2.75, 3.05) is 19.0 Å². The van der Waals surface area contributed by atoms with Crippen LogP contribution in [-0.2, 0) is 9.53 Å². The Bertz CT molecular complexity index is 187. The van der Waals surface area contributed by atoms with Crippen molar-refractivity contribution in [1.82, 2.24) is 5.32 Å². The van der Waals surface area contributed by atoms with E-state index in [4.69, 9.17) is 16.3 Å². The minimum Gasteiger partial charge on any atom is -0.378 e. The third-order valence-corrected chi connectivity index (χ3v) is 2.84. The van der Waals surface area contributed by atoms with Gasteiger partial charge in [-0.25, -0.2) is 0 Å². The number of hydrogen-bond acceptors (Lipinski definition) is 2. The van der Waals surface area contributed by atoms with E-state index in [1.807, 2.05) is 6.92 Å². The van der Waals surface area contributed by atoms with E-state index in [1.54, 1.807) is 0 Å². The zero-order chi connectivity index (χ0) is 10.4. The van der Waals surface area contributed by atoms with Gasteiger partial charge < -0.3 is 10.1 Å². The second-order valence-corrected chi connectivity index (χ2v) is 4.04. The number of carbonyl (C=O) groups is 1. The molecule has 1 rings (SSSR count). The number of carbonyl (C=O) groups excluding carboxylic acids is 1. The van der Waals surface area contributed by atoms with Crippen LogP contribution in [0.15, 0.2) is 0 Å². The van der Waals surface area contributed by atoms with E-state index in [0.717, 1.165) is 25.8 Å². The third kappa shape index (κ3) is 3.46. The summed E-state index contributed by atoms with van der Waals surface area (Å²) in [6.45, 7) is 3.39. The Morgan fingerprint density at radius 2 is 2.36 bits per heavy atom. The van der Waals surface area contributed by atoms with Crippen LogP contribution < -0.4 is 5.32 Å². The summed E-state index contributed by atoms with van der Waals surface area (Å²) in [5, 5.41) is 2.91. The lowest BCUT2D eigenvalue weighted by molar-refractivity contribution is -0.126. The summed E-state index contributed by atoms with van der Waals surface area (Å²) in [5.74, 6) is 0.842. The van der Waals surface area contributed by atoms with Gasteiger partial charge in [-0.2, -0.15) is 0 Å². The second-order valence-electron chi connectivity index (χ2n) is 3.66. The molecule has 1 amide bonds. The largest absolute Gasteiger partial charge is 0.378 e. The Morgan fingerprint density at radius 1 is 1.57 bits per heavy atom. The van der Waals surface area contributed by atoms with Gasteiger partial charge in [0.1, 0.15) is 0 Å². The van der Waals surface area contributed by atoms with Crippen molar-refractivity contribution in [3.8, 4) is 0 Å². The van der Waals surface area contributed by atoms with E-state index >= 15 is 0 Å². The first-order chi connectivity index (χ1) is 6.75. The molecule has 2 atom stereocenters. The third-order valence-electron chi connectivity index (χ3n) is 2.57. The molecule has 0 aromatic carbocycles. The molecule has 0 spiro atoms. The Morgan fingerprint density at radius 3 is 2.93 bits per heavy atom. The van der Waals surface area contributed by atoms with E-state index in [0.29, 0.717) is 12.5 Å². The molecule has 1 aliphatic rings. The molecule has 0 aliphatic carbocycles. The van der Waals surface area contributed by atoms with Crippen LogP contribution in [0.2, 0.25) is 0 Å². The van der Waals surface area contributed by atoms with Gasteiger partial charge in [0.15, 0.2) is 0 Å². The number of halogens is 1. The maximum atomic E-state index is 11.6. The summed E-state index contributed by atoms with van der Waals surface area (Å²) in [7, 11) is 0. The first-order valence-electron chi connectivity index (χ1n) is 5.21. The Balaban J connectivity index is 2.14. The Hall–Kier alpha value is -0.280. The fourth-order valence-corrected chi connectivity index (χ4v) is 1.83. The van der Waals surface area contributed by atoms with E-state index in [1.165, 1.54) is 0 Å². The van der Waals surface area contributed by atoms with Crippen LogP contribution in [0.1, 0.15) is 26.2 Å². The van der Waals surface area contributed by atoms with Crippen LogP contribution in [0.25, 0.3) is 0 Å². The number of amides is 1. The number of ether oxygens (including phenoxy) is 1. The van der Waals surface area contributed by atoms with Crippen molar-refractivity contribution in [3.05, 3.63) is 0 Å². The number of unbranched alkanes of at least 4 members (excludes halogenated alkanes) is 1. The van der Waals surface area contributed by atoms with Gasteiger partial charge in [-0.1, -0.05) is 0 Å². The fourth-order valence-electron chi connectivity index (χ4n) is 1.64. The predicted molar refractivity (Wildman–Crippen MR) is 56.5 cm³/mol. The van der Waals surface area contributed by atoms with Gasteiger partial charge in [-0.05, 0) is 26.2 Å². The maximum absolute atomic E-state index is 11.6. The molecule has 1 saturated heterocycles. The number of rotatable bonds is 5. The van der Waals surface area contributed by atoms with E-state index in [2.05, 4.69) is 5.32 Å². The Labute approximate surface area is 90.1 Å². The van der Waals surface area contributed by atoms with Crippen molar-refractivity contribution < 1.29 is 9.53 Å². The molecule has 1 fully saturated rings. The average Bonchev–Trinajstić information content (AvgIpc) is 2.59. The van der Waals surface area contributed by atoms with Crippen LogP contribution in [0, 0.1) is 5.92 Å². The summed E-state index contributed by atoms with van der Waals surface area (Å²) in [4.78, 5) is 11.6. The molecule has 0 radical (unpaired) electrons. The van der Waals surface area contributed by atoms with E-state index < -0.39 is 0 Å². The zero-order valence-electron chi connectivity index (χ0n) is 8.59. The smallest absolute Gasteiger partial charge is 0.225 e. The summed E-state index contributed by atoms with van der Waals surface area (Å²) in [6, 6.07) is 0. The van der Waals surface area contributed by atoms with Crippen LogP contribution in [-0.4, -0.2) is 31.0 Å². The lowest BCUT2D eigenvalue weighted by Gasteiger charge is -2.13. The van der Waals surface area contributed by atoms with E-state index in [9.17, 15) is 4.79 Å². The highest BCUT2D eigenvalue weighted by Gasteiger charge is 2.30. The lowest BCUT2D eigenvalue weighted by atomic mass is 10.0. The molecule has 0 bridgehead atoms. The summed E-state index contributed by atoms with van der Waals surface area (Å²) >= 11 is 5.53. The van der Waals surface area contributed by atoms with Crippen molar-refractivity contribution in [2.45, 2.75) is 32.3 Å². The quantitative estimate of drug-likeness (QED) is 0.563. The van der Waals surface area contributed by atoms with Crippen LogP contribution >= 0.6 is 11.6 Å². The summed E-state index contributed by atoms with van der Waals surface area (Å²) < 4.78 is 5.33. The minimum atomic E-state index is 0.0472. The minimum absolute atomic E-state index is 0.0472. The fraction of sp³-hybridized carbons (Fsp3) is 0.900. The molecule has 0 aromatic rings. The van der Waals surface area contributed by atoms with Crippen molar-refractivity contribution in [2.24, 2.45) is 5.92 Å². The lowest BCUT2D eigenvalue weighted by Crippen LogP contribution is -2.34. The summed E-state index contributed by atoms with van der Waals surface area (Å²) in [6.07, 6.45) is 2.83. The highest BCUT2D eigenvalue weighted by atomic mass is 35.5. The molecule has 3 nitrogen and oxygen atoms in total. The highest BCUT2D eigenvalue weighted by Crippen LogP contribution is 2.20. The molecular weight excluding hydrogens is 202 g/mol. The molecule has 0 saturated carbocycles. The first-order valence-corrected chi connectivity index (χ1v) is 5.74. The molecular formula is C10H18ClNO2. The normalized spacial score (nSPS) is 26.4. The molecule has 14 heavy (non-hydrogen) atoms. The van der Waals surface area contributed by atoms with Crippen LogP contribution in [0.5, 0.6) is 0 Å². The SMILES string of the molecule is CC1OCCC1C(=O)NCCCCCl. The maximum Gasteiger partial charge on any atom is 0.225 e. The zero-order valence-corrected chi connectivity index (χ0v) is 9.35. The predicted octanol–water partition coefficient (Wildman–Crippen LogP) is 1.55. The molecule has 2 unspecified atom stereocenters. The standard InChI is InChI=1S/C10H18ClNO2/c1-8-9(4-7-14-8)10(13)12-6-3-2-5-11/h8-9H,2-7H2,1H3,(H,12,13). The second kappa shape index (κ2) is 6.25. The monoisotopic (exact) mass is 219 g/mol. The van der Waals surface area contributed by atoms with Gasteiger partial charge in [0.05, 0.1) is 12.0 Å². The van der Waals surface area contributed by atoms with Gasteiger partial charge >= 0.3 is 0 Å². The molecule has 1 N–H and O–H groups in total. The topological polar surface area (TPSA) is 38.3 Å². The van der Waals surface area contributed by atoms with Gasteiger partial charge in [0.25, 0.3) is 0 Å². The molecule has 82 valence electrons. The number of nitrogens with one attached hydrogen (secondary N) is 1. The Kier molecular flexibility index (Phi) is 5.26. The van der Waals surface area contributed by atoms with Crippen molar-refractivity contribution in [1.29, 1.82) is 0 Å². The van der Waals surface area contributed by atoms with Gasteiger partial charge in [0, 0.05) is 19.0 Å². The molecule has 1 heterocycles. The van der Waals surface area contributed by atoms with Crippen LogP contribution in [0.4, 0.5) is 0 Å². The average molecular weight is 220 g/mol. The van der Waals surface area contributed by atoms with Crippen molar-refractivity contribution in [3.63, 3.8) is 0 Å². The van der Waals surface area contributed by atoms with Crippen molar-refractivity contribution >= 4 is 17.5 Å². The van der Waals surface area contributed by atoms with E-state index in [-0.39, 0.29) is 17.9 Å². The molecule has 1 aliphatic heterocycles. The highest BCUT2D eigenvalue weighted by molar-refractivity contribution is 6.17. The molecule has 0 aromatic heterocycles. The number of alkyl halides is 1. The van der Waals surface area contributed by atoms with Crippen LogP contribution in [0.3, 0.4) is 0 Å². The van der Waals surface area contributed by atoms with Gasteiger partial charge in [0.2, 0.25) is 5.91 Å². The first kappa shape index (κ1) is 11.8. The summed E-state index contributed by atoms with van der Waals surface area (Å²) in [5.41, 5.74) is 0. The molecule has 4 heteroatoms. The van der Waals surface area contributed by atoms with Gasteiger partial charge in [-0.15, -0.1) is 11.6 Å². The van der Waals surface area contributed by atoms with Gasteiger partial charge in [-0.3, -0.25) is 4.79 Å². The number of hydrogen-bond donors (Lipinski definition) is 1.